The molecule has 156 valence electrons. The Morgan fingerprint density at radius 2 is 1.67 bits per heavy atom. The maximum absolute atomic E-state index is 13.1. The summed E-state index contributed by atoms with van der Waals surface area (Å²) in [5.41, 5.74) is 2.08. The second-order valence-electron chi connectivity index (χ2n) is 7.68. The third-order valence-electron chi connectivity index (χ3n) is 5.42. The Kier molecular flexibility index (Phi) is 5.56. The lowest BCUT2D eigenvalue weighted by molar-refractivity contribution is -0.153. The summed E-state index contributed by atoms with van der Waals surface area (Å²) < 4.78 is 0. The number of carbonyl (C=O) groups is 1. The molecule has 0 radical (unpaired) electrons. The predicted molar refractivity (Wildman–Crippen MR) is 115 cm³/mol. The smallest absolute Gasteiger partial charge is 0.276 e. The van der Waals surface area contributed by atoms with Gasteiger partial charge in [0.1, 0.15) is 6.10 Å². The van der Waals surface area contributed by atoms with E-state index in [-0.39, 0.29) is 29.4 Å². The van der Waals surface area contributed by atoms with Crippen molar-refractivity contribution in [3.63, 3.8) is 0 Å². The van der Waals surface area contributed by atoms with E-state index in [2.05, 4.69) is 0 Å². The van der Waals surface area contributed by atoms with Crippen molar-refractivity contribution in [1.29, 1.82) is 0 Å². The molecule has 2 aromatic carbocycles. The van der Waals surface area contributed by atoms with E-state index in [1.54, 1.807) is 16.1 Å². The molecule has 2 heterocycles. The minimum absolute atomic E-state index is 0.0693. The zero-order valence-electron chi connectivity index (χ0n) is 16.8. The lowest BCUT2D eigenvalue weighted by Crippen LogP contribution is -2.60. The van der Waals surface area contributed by atoms with Gasteiger partial charge in [0.25, 0.3) is 5.91 Å². The molecule has 2 atom stereocenters. The molecule has 2 aromatic rings. The normalized spacial score (nSPS) is 20.7. The molecule has 0 aromatic heterocycles. The van der Waals surface area contributed by atoms with Crippen LogP contribution in [0, 0.1) is 0 Å². The van der Waals surface area contributed by atoms with Crippen LogP contribution in [-0.2, 0) is 4.79 Å². The van der Waals surface area contributed by atoms with E-state index < -0.39 is 6.10 Å². The monoisotopic (exact) mass is 425 g/mol. The van der Waals surface area contributed by atoms with Crippen molar-refractivity contribution < 1.29 is 15.0 Å². The molecule has 0 spiro atoms. The quantitative estimate of drug-likeness (QED) is 0.779. The second-order valence-corrected chi connectivity index (χ2v) is 8.12. The Balaban J connectivity index is 1.87. The number of benzene rings is 2. The largest absolute Gasteiger partial charge is 0.507 e. The number of hydrogen-bond donors (Lipinski definition) is 2. The molecule has 1 fully saturated rings. The summed E-state index contributed by atoms with van der Waals surface area (Å²) in [7, 11) is 0. The maximum Gasteiger partial charge on any atom is 0.276 e. The van der Waals surface area contributed by atoms with Crippen LogP contribution in [0.15, 0.2) is 78.3 Å². The molecular formula is C23H24ClN3O3. The Labute approximate surface area is 180 Å². The van der Waals surface area contributed by atoms with E-state index in [0.29, 0.717) is 11.7 Å². The maximum atomic E-state index is 13.1. The molecule has 4 rings (SSSR count). The number of aliphatic hydroxyl groups excluding tert-OH is 2. The number of rotatable bonds is 4. The van der Waals surface area contributed by atoms with Gasteiger partial charge in [-0.25, -0.2) is 0 Å². The number of amides is 1. The van der Waals surface area contributed by atoms with E-state index >= 15 is 0 Å². The fraction of sp³-hybridized carbons (Fsp3) is 0.261. The summed E-state index contributed by atoms with van der Waals surface area (Å²) in [6, 6.07) is 17.2. The van der Waals surface area contributed by atoms with Gasteiger partial charge in [-0.1, -0.05) is 54.1 Å². The van der Waals surface area contributed by atoms with Crippen LogP contribution in [0.2, 0.25) is 5.02 Å². The minimum atomic E-state index is -1.21. The lowest BCUT2D eigenvalue weighted by Gasteiger charge is -2.49. The molecule has 2 N–H and O–H groups in total. The van der Waals surface area contributed by atoms with E-state index in [1.165, 1.54) is 6.08 Å². The minimum Gasteiger partial charge on any atom is -0.507 e. The number of hydrogen-bond acceptors (Lipinski definition) is 5. The average Bonchev–Trinajstić information content (AvgIpc) is 2.74. The summed E-state index contributed by atoms with van der Waals surface area (Å²) in [5, 5.41) is 25.0. The number of fused-ring (bicyclic) bond motifs is 1. The van der Waals surface area contributed by atoms with Crippen molar-refractivity contribution in [2.75, 3.05) is 6.67 Å². The van der Waals surface area contributed by atoms with E-state index in [1.807, 2.05) is 73.5 Å². The van der Waals surface area contributed by atoms with Gasteiger partial charge in [0.15, 0.2) is 11.5 Å². The summed E-state index contributed by atoms with van der Waals surface area (Å²) >= 11 is 6.12. The molecular weight excluding hydrogens is 402 g/mol. The summed E-state index contributed by atoms with van der Waals surface area (Å²) in [6.45, 7) is 4.17. The summed E-state index contributed by atoms with van der Waals surface area (Å²) in [4.78, 5) is 14.8. The Bertz CT molecular complexity index is 989. The van der Waals surface area contributed by atoms with Crippen molar-refractivity contribution in [3.8, 4) is 0 Å². The molecule has 0 aliphatic carbocycles. The zero-order chi connectivity index (χ0) is 21.4. The van der Waals surface area contributed by atoms with Crippen molar-refractivity contribution in [1.82, 2.24) is 14.9 Å². The molecule has 2 aliphatic heterocycles. The van der Waals surface area contributed by atoms with E-state index in [4.69, 9.17) is 11.6 Å². The number of halogens is 1. The fourth-order valence-corrected chi connectivity index (χ4v) is 3.98. The zero-order valence-corrected chi connectivity index (χ0v) is 17.6. The van der Waals surface area contributed by atoms with Gasteiger partial charge >= 0.3 is 0 Å². The standard InChI is InChI=1S/C23H24ClN3O3/c1-15(2)25-14-27(26-13-12-19(28)22(29)21(26)23(25)30)20(16-6-4-3-5-7-16)17-8-10-18(24)11-9-17/h3-13,15,19-20,28-29H,14H2,1-2H3. The molecule has 30 heavy (non-hydrogen) atoms. The van der Waals surface area contributed by atoms with Gasteiger partial charge in [0.05, 0.1) is 12.7 Å². The van der Waals surface area contributed by atoms with Crippen molar-refractivity contribution in [3.05, 3.63) is 94.5 Å². The Hall–Kier alpha value is -2.80. The van der Waals surface area contributed by atoms with Crippen LogP contribution in [0.4, 0.5) is 0 Å². The lowest BCUT2D eigenvalue weighted by atomic mass is 9.97. The topological polar surface area (TPSA) is 67.2 Å². The highest BCUT2D eigenvalue weighted by atomic mass is 35.5. The number of hydrazine groups is 1. The number of carbonyl (C=O) groups excluding carboxylic acids is 1. The van der Waals surface area contributed by atoms with Crippen LogP contribution < -0.4 is 0 Å². The predicted octanol–water partition coefficient (Wildman–Crippen LogP) is 3.81. The first-order valence-electron chi connectivity index (χ1n) is 9.85. The molecule has 0 saturated carbocycles. The SMILES string of the molecule is CC(C)N1CN(C(c2ccccc2)c2ccc(Cl)cc2)N2C=CC(O)C(O)=C2C1=O. The first-order valence-corrected chi connectivity index (χ1v) is 10.2. The highest BCUT2D eigenvalue weighted by Crippen LogP contribution is 2.37. The van der Waals surface area contributed by atoms with Gasteiger partial charge in [0.2, 0.25) is 0 Å². The average molecular weight is 426 g/mol. The molecule has 6 nitrogen and oxygen atoms in total. The van der Waals surface area contributed by atoms with Gasteiger partial charge in [-0.3, -0.25) is 9.80 Å². The van der Waals surface area contributed by atoms with Gasteiger partial charge in [-0.2, -0.15) is 5.01 Å². The van der Waals surface area contributed by atoms with Gasteiger partial charge in [0, 0.05) is 17.3 Å². The van der Waals surface area contributed by atoms with Crippen LogP contribution in [0.1, 0.15) is 31.0 Å². The van der Waals surface area contributed by atoms with Crippen molar-refractivity contribution in [2.24, 2.45) is 0 Å². The molecule has 0 bridgehead atoms. The second kappa shape index (κ2) is 8.14. The third-order valence-corrected chi connectivity index (χ3v) is 5.67. The van der Waals surface area contributed by atoms with E-state index in [0.717, 1.165) is 11.1 Å². The van der Waals surface area contributed by atoms with Gasteiger partial charge < -0.3 is 15.1 Å². The van der Waals surface area contributed by atoms with Crippen LogP contribution >= 0.6 is 11.6 Å². The third kappa shape index (κ3) is 3.58. The summed E-state index contributed by atoms with van der Waals surface area (Å²) in [5.74, 6) is -0.661. The van der Waals surface area contributed by atoms with Crippen LogP contribution in [0.25, 0.3) is 0 Å². The van der Waals surface area contributed by atoms with Gasteiger partial charge in [-0.05, 0) is 43.2 Å². The summed E-state index contributed by atoms with van der Waals surface area (Å²) in [6.07, 6.45) is 1.90. The molecule has 1 amide bonds. The highest BCUT2D eigenvalue weighted by Gasteiger charge is 2.43. The molecule has 7 heteroatoms. The molecule has 2 aliphatic rings. The van der Waals surface area contributed by atoms with Crippen LogP contribution in [0.5, 0.6) is 0 Å². The van der Waals surface area contributed by atoms with Crippen molar-refractivity contribution >= 4 is 17.5 Å². The molecule has 1 saturated heterocycles. The van der Waals surface area contributed by atoms with Crippen LogP contribution in [0.3, 0.4) is 0 Å². The number of nitrogens with zero attached hydrogens (tertiary/aromatic N) is 3. The van der Waals surface area contributed by atoms with E-state index in [9.17, 15) is 15.0 Å². The molecule has 2 unspecified atom stereocenters. The first-order chi connectivity index (χ1) is 14.4. The first kappa shape index (κ1) is 20.5. The van der Waals surface area contributed by atoms with Crippen LogP contribution in [-0.4, -0.2) is 49.9 Å². The Morgan fingerprint density at radius 3 is 2.30 bits per heavy atom. The van der Waals surface area contributed by atoms with Gasteiger partial charge in [-0.15, -0.1) is 0 Å². The number of aliphatic hydroxyl groups is 2. The highest BCUT2D eigenvalue weighted by molar-refractivity contribution is 6.30. The van der Waals surface area contributed by atoms with Crippen molar-refractivity contribution in [2.45, 2.75) is 32.0 Å². The Morgan fingerprint density at radius 1 is 1.03 bits per heavy atom. The fourth-order valence-electron chi connectivity index (χ4n) is 3.85.